The summed E-state index contributed by atoms with van der Waals surface area (Å²) in [5.41, 5.74) is 2.10. The zero-order valence-corrected chi connectivity index (χ0v) is 19.1. The molecule has 0 amide bonds. The fourth-order valence-electron chi connectivity index (χ4n) is 3.50. The molecule has 1 atom stereocenters. The second-order valence-electron chi connectivity index (χ2n) is 6.69. The molecule has 0 radical (unpaired) electrons. The molecule has 3 nitrogen and oxygen atoms in total. The van der Waals surface area contributed by atoms with Gasteiger partial charge in [0.2, 0.25) is 0 Å². The van der Waals surface area contributed by atoms with Crippen LogP contribution >= 0.6 is 48.0 Å². The summed E-state index contributed by atoms with van der Waals surface area (Å²) >= 11 is 12.2. The zero-order valence-electron chi connectivity index (χ0n) is 16.0. The molecule has 28 heavy (non-hydrogen) atoms. The number of para-hydroxylation sites is 1. The van der Waals surface area contributed by atoms with Gasteiger partial charge in [0.1, 0.15) is 12.4 Å². The van der Waals surface area contributed by atoms with Crippen LogP contribution in [0.5, 0.6) is 5.75 Å². The summed E-state index contributed by atoms with van der Waals surface area (Å²) in [5.74, 6) is 0.893. The van der Waals surface area contributed by atoms with Gasteiger partial charge in [-0.3, -0.25) is 4.90 Å². The Balaban J connectivity index is 0.00000196. The Morgan fingerprint density at radius 3 is 2.64 bits per heavy atom. The molecule has 0 saturated carbocycles. The van der Waals surface area contributed by atoms with Crippen molar-refractivity contribution in [2.45, 2.75) is 39.0 Å². The van der Waals surface area contributed by atoms with E-state index in [1.54, 1.807) is 6.07 Å². The van der Waals surface area contributed by atoms with Crippen molar-refractivity contribution < 1.29 is 4.74 Å². The van der Waals surface area contributed by atoms with Gasteiger partial charge in [-0.2, -0.15) is 0 Å². The monoisotopic (exact) mass is 464 g/mol. The minimum atomic E-state index is 0. The Labute approximate surface area is 190 Å². The van der Waals surface area contributed by atoms with E-state index in [-0.39, 0.29) is 24.8 Å². The maximum absolute atomic E-state index is 6.24. The van der Waals surface area contributed by atoms with Gasteiger partial charge in [0.25, 0.3) is 0 Å². The molecule has 1 heterocycles. The summed E-state index contributed by atoms with van der Waals surface area (Å²) in [5, 5.41) is 4.87. The van der Waals surface area contributed by atoms with Gasteiger partial charge < -0.3 is 10.1 Å². The number of likely N-dealkylation sites (N-methyl/N-ethyl adjacent to an activating group) is 1. The Kier molecular flexibility index (Phi) is 11.6. The van der Waals surface area contributed by atoms with Gasteiger partial charge in [0, 0.05) is 40.3 Å². The van der Waals surface area contributed by atoms with E-state index in [4.69, 9.17) is 27.9 Å². The predicted octanol–water partition coefficient (Wildman–Crippen LogP) is 5.99. The quantitative estimate of drug-likeness (QED) is 0.518. The molecule has 0 aliphatic carbocycles. The average Bonchev–Trinajstić information content (AvgIpc) is 3.09. The van der Waals surface area contributed by atoms with Crippen LogP contribution in [0, 0.1) is 0 Å². The molecule has 2 aromatic rings. The standard InChI is InChI=1S/C21H26Cl2N2O.2ClH/c1-2-25-11-5-7-19(25)14-24-13-16-6-3-4-8-21(16)26-15-17-9-10-18(22)12-20(17)23;;/h3-4,6,8-10,12,19,24H,2,5,7,11,13-15H2,1H3;2*1H. The lowest BCUT2D eigenvalue weighted by Gasteiger charge is -2.23. The first-order valence-electron chi connectivity index (χ1n) is 9.26. The van der Waals surface area contributed by atoms with Gasteiger partial charge in [-0.15, -0.1) is 24.8 Å². The molecule has 0 aromatic heterocycles. The molecule has 2 aromatic carbocycles. The molecule has 1 unspecified atom stereocenters. The van der Waals surface area contributed by atoms with Crippen LogP contribution in [0.4, 0.5) is 0 Å². The minimum Gasteiger partial charge on any atom is -0.489 e. The number of hydrogen-bond donors (Lipinski definition) is 1. The van der Waals surface area contributed by atoms with Crippen LogP contribution in [0.2, 0.25) is 10.0 Å². The van der Waals surface area contributed by atoms with Gasteiger partial charge in [-0.1, -0.05) is 54.4 Å². The summed E-state index contributed by atoms with van der Waals surface area (Å²) in [6.07, 6.45) is 2.59. The molecule has 1 aliphatic heterocycles. The topological polar surface area (TPSA) is 24.5 Å². The van der Waals surface area contributed by atoms with Crippen LogP contribution in [0.25, 0.3) is 0 Å². The summed E-state index contributed by atoms with van der Waals surface area (Å²) in [6.45, 7) is 6.85. The fraction of sp³-hybridized carbons (Fsp3) is 0.429. The predicted molar refractivity (Wildman–Crippen MR) is 124 cm³/mol. The number of nitrogens with one attached hydrogen (secondary N) is 1. The van der Waals surface area contributed by atoms with Crippen LogP contribution < -0.4 is 10.1 Å². The Morgan fingerprint density at radius 2 is 1.89 bits per heavy atom. The number of ether oxygens (including phenoxy) is 1. The van der Waals surface area contributed by atoms with Gasteiger partial charge >= 0.3 is 0 Å². The van der Waals surface area contributed by atoms with E-state index in [0.29, 0.717) is 22.7 Å². The van der Waals surface area contributed by atoms with Gasteiger partial charge in [-0.25, -0.2) is 0 Å². The Hall–Kier alpha value is -0.680. The molecule has 0 spiro atoms. The highest BCUT2D eigenvalue weighted by Gasteiger charge is 2.22. The zero-order chi connectivity index (χ0) is 18.4. The Morgan fingerprint density at radius 1 is 1.11 bits per heavy atom. The van der Waals surface area contributed by atoms with E-state index in [1.807, 2.05) is 30.3 Å². The van der Waals surface area contributed by atoms with E-state index < -0.39 is 0 Å². The van der Waals surface area contributed by atoms with Crippen LogP contribution in [0.1, 0.15) is 30.9 Å². The maximum Gasteiger partial charge on any atom is 0.124 e. The molecule has 1 N–H and O–H groups in total. The molecule has 1 aliphatic rings. The van der Waals surface area contributed by atoms with Crippen LogP contribution in [0.15, 0.2) is 42.5 Å². The number of halogens is 4. The van der Waals surface area contributed by atoms with Crippen molar-refractivity contribution in [2.75, 3.05) is 19.6 Å². The average molecular weight is 466 g/mol. The third kappa shape index (κ3) is 6.98. The van der Waals surface area contributed by atoms with Crippen molar-refractivity contribution in [1.82, 2.24) is 10.2 Å². The van der Waals surface area contributed by atoms with Crippen molar-refractivity contribution in [3.05, 3.63) is 63.6 Å². The number of nitrogens with zero attached hydrogens (tertiary/aromatic N) is 1. The number of hydrogen-bond acceptors (Lipinski definition) is 3. The van der Waals surface area contributed by atoms with Crippen LogP contribution in [-0.4, -0.2) is 30.6 Å². The van der Waals surface area contributed by atoms with Crippen LogP contribution in [-0.2, 0) is 13.2 Å². The van der Waals surface area contributed by atoms with Gasteiger partial charge in [0.15, 0.2) is 0 Å². The normalized spacial score (nSPS) is 16.3. The molecule has 7 heteroatoms. The first-order chi connectivity index (χ1) is 12.7. The van der Waals surface area contributed by atoms with Crippen molar-refractivity contribution in [1.29, 1.82) is 0 Å². The second kappa shape index (κ2) is 12.8. The Bertz CT molecular complexity index is 729. The molecule has 3 rings (SSSR count). The lowest BCUT2D eigenvalue weighted by molar-refractivity contribution is 0.259. The fourth-order valence-corrected chi connectivity index (χ4v) is 3.96. The van der Waals surface area contributed by atoms with E-state index in [9.17, 15) is 0 Å². The van der Waals surface area contributed by atoms with Crippen molar-refractivity contribution >= 4 is 48.0 Å². The number of rotatable bonds is 8. The van der Waals surface area contributed by atoms with E-state index in [0.717, 1.165) is 30.9 Å². The largest absolute Gasteiger partial charge is 0.489 e. The first-order valence-corrected chi connectivity index (χ1v) is 10.0. The van der Waals surface area contributed by atoms with Crippen LogP contribution in [0.3, 0.4) is 0 Å². The summed E-state index contributed by atoms with van der Waals surface area (Å²) in [7, 11) is 0. The lowest BCUT2D eigenvalue weighted by Crippen LogP contribution is -2.37. The van der Waals surface area contributed by atoms with E-state index >= 15 is 0 Å². The first kappa shape index (κ1) is 25.4. The molecular formula is C21H28Cl4N2O. The second-order valence-corrected chi connectivity index (χ2v) is 7.53. The summed E-state index contributed by atoms with van der Waals surface area (Å²) in [6, 6.07) is 14.3. The van der Waals surface area contributed by atoms with Crippen molar-refractivity contribution in [2.24, 2.45) is 0 Å². The molecule has 0 bridgehead atoms. The SMILES string of the molecule is CCN1CCCC1CNCc1ccccc1OCc1ccc(Cl)cc1Cl.Cl.Cl. The number of benzene rings is 2. The van der Waals surface area contributed by atoms with Gasteiger partial charge in [-0.05, 0) is 44.1 Å². The lowest BCUT2D eigenvalue weighted by atomic mass is 10.1. The molecule has 1 fully saturated rings. The highest BCUT2D eigenvalue weighted by atomic mass is 35.5. The van der Waals surface area contributed by atoms with Crippen molar-refractivity contribution in [3.63, 3.8) is 0 Å². The molecular weight excluding hydrogens is 438 g/mol. The van der Waals surface area contributed by atoms with E-state index in [2.05, 4.69) is 23.2 Å². The molecule has 1 saturated heterocycles. The third-order valence-corrected chi connectivity index (χ3v) is 5.56. The summed E-state index contributed by atoms with van der Waals surface area (Å²) in [4.78, 5) is 2.55. The maximum atomic E-state index is 6.24. The van der Waals surface area contributed by atoms with E-state index in [1.165, 1.54) is 24.9 Å². The minimum absolute atomic E-state index is 0. The third-order valence-electron chi connectivity index (χ3n) is 4.97. The van der Waals surface area contributed by atoms with Crippen molar-refractivity contribution in [3.8, 4) is 5.75 Å². The summed E-state index contributed by atoms with van der Waals surface area (Å²) < 4.78 is 6.03. The molecule has 156 valence electrons. The highest BCUT2D eigenvalue weighted by molar-refractivity contribution is 6.35. The smallest absolute Gasteiger partial charge is 0.124 e. The van der Waals surface area contributed by atoms with Gasteiger partial charge in [0.05, 0.1) is 0 Å². The number of likely N-dealkylation sites (tertiary alicyclic amines) is 1. The highest BCUT2D eigenvalue weighted by Crippen LogP contribution is 2.24.